The van der Waals surface area contributed by atoms with Crippen LogP contribution in [0.5, 0.6) is 5.75 Å². The lowest BCUT2D eigenvalue weighted by molar-refractivity contribution is 0.102. The molecule has 0 aliphatic rings. The van der Waals surface area contributed by atoms with Gasteiger partial charge in [-0.25, -0.2) is 13.6 Å². The summed E-state index contributed by atoms with van der Waals surface area (Å²) in [7, 11) is -2.62. The lowest BCUT2D eigenvalue weighted by atomic mass is 10.1. The molecule has 2 aromatic carbocycles. The molecule has 28 heavy (non-hydrogen) atoms. The van der Waals surface area contributed by atoms with E-state index in [1.54, 1.807) is 6.07 Å². The molecule has 0 spiro atoms. The van der Waals surface area contributed by atoms with Gasteiger partial charge in [0.1, 0.15) is 16.3 Å². The van der Waals surface area contributed by atoms with Crippen LogP contribution in [0.25, 0.3) is 11.3 Å². The highest BCUT2D eigenvalue weighted by Gasteiger charge is 2.18. The largest absolute Gasteiger partial charge is 0.495 e. The maximum atomic E-state index is 12.5. The van der Waals surface area contributed by atoms with Crippen molar-refractivity contribution in [3.05, 3.63) is 59.3 Å². The number of carbonyl (C=O) groups excluding carboxylic acids is 1. The van der Waals surface area contributed by atoms with Crippen molar-refractivity contribution in [2.75, 3.05) is 12.4 Å². The SMILES string of the molecule is COc1ccc(-c2cc(C(=O)Nc3ccc(C)cc3C)[nH]n2)cc1S(N)(=O)=O. The van der Waals surface area contributed by atoms with Gasteiger partial charge < -0.3 is 10.1 Å². The van der Waals surface area contributed by atoms with Crippen molar-refractivity contribution in [1.29, 1.82) is 0 Å². The van der Waals surface area contributed by atoms with Gasteiger partial charge in [0, 0.05) is 11.3 Å². The van der Waals surface area contributed by atoms with E-state index in [4.69, 9.17) is 9.88 Å². The van der Waals surface area contributed by atoms with E-state index in [1.165, 1.54) is 25.3 Å². The third-order valence-electron chi connectivity index (χ3n) is 4.22. The van der Waals surface area contributed by atoms with Crippen molar-refractivity contribution >= 4 is 21.6 Å². The van der Waals surface area contributed by atoms with Crippen LogP contribution in [-0.4, -0.2) is 31.6 Å². The zero-order valence-corrected chi connectivity index (χ0v) is 16.4. The number of anilines is 1. The van der Waals surface area contributed by atoms with Gasteiger partial charge in [0.15, 0.2) is 0 Å². The standard InChI is InChI=1S/C19H20N4O4S/c1-11-4-6-14(12(2)8-11)21-19(24)16-10-15(22-23-16)13-5-7-17(27-3)18(9-13)28(20,25)26/h4-10H,1-3H3,(H,21,24)(H,22,23)(H2,20,25,26). The van der Waals surface area contributed by atoms with E-state index in [-0.39, 0.29) is 22.2 Å². The van der Waals surface area contributed by atoms with Crippen LogP contribution in [0.1, 0.15) is 21.6 Å². The summed E-state index contributed by atoms with van der Waals surface area (Å²) in [5, 5.41) is 14.8. The molecule has 8 nitrogen and oxygen atoms in total. The van der Waals surface area contributed by atoms with Crippen molar-refractivity contribution in [2.24, 2.45) is 5.14 Å². The average Bonchev–Trinajstić information content (AvgIpc) is 3.13. The molecule has 3 aromatic rings. The van der Waals surface area contributed by atoms with E-state index in [2.05, 4.69) is 15.5 Å². The number of hydrogen-bond donors (Lipinski definition) is 3. The number of methoxy groups -OCH3 is 1. The molecule has 0 radical (unpaired) electrons. The van der Waals surface area contributed by atoms with Gasteiger partial charge in [-0.05, 0) is 49.7 Å². The minimum absolute atomic E-state index is 0.134. The third kappa shape index (κ3) is 4.05. The average molecular weight is 400 g/mol. The van der Waals surface area contributed by atoms with Crippen LogP contribution in [0.4, 0.5) is 5.69 Å². The Hall–Kier alpha value is -3.17. The number of primary sulfonamides is 1. The number of H-pyrrole nitrogens is 1. The molecule has 0 fully saturated rings. The molecule has 9 heteroatoms. The first-order chi connectivity index (χ1) is 13.2. The van der Waals surface area contributed by atoms with Crippen molar-refractivity contribution < 1.29 is 17.9 Å². The van der Waals surface area contributed by atoms with Crippen LogP contribution in [0, 0.1) is 13.8 Å². The smallest absolute Gasteiger partial charge is 0.273 e. The first kappa shape index (κ1) is 19.6. The second-order valence-corrected chi connectivity index (χ2v) is 7.88. The predicted octanol–water partition coefficient (Wildman–Crippen LogP) is 2.60. The monoisotopic (exact) mass is 400 g/mol. The predicted molar refractivity (Wildman–Crippen MR) is 106 cm³/mol. The van der Waals surface area contributed by atoms with Crippen LogP contribution in [0.15, 0.2) is 47.4 Å². The van der Waals surface area contributed by atoms with Crippen LogP contribution in [0.2, 0.25) is 0 Å². The molecule has 146 valence electrons. The Balaban J connectivity index is 1.89. The molecule has 3 rings (SSSR count). The van der Waals surface area contributed by atoms with E-state index >= 15 is 0 Å². The fraction of sp³-hybridized carbons (Fsp3) is 0.158. The zero-order valence-electron chi connectivity index (χ0n) is 15.6. The molecule has 0 unspecified atom stereocenters. The quantitative estimate of drug-likeness (QED) is 0.607. The van der Waals surface area contributed by atoms with Crippen molar-refractivity contribution in [3.63, 3.8) is 0 Å². The van der Waals surface area contributed by atoms with Crippen molar-refractivity contribution in [1.82, 2.24) is 10.2 Å². The molecule has 0 aliphatic heterocycles. The third-order valence-corrected chi connectivity index (χ3v) is 5.15. The maximum absolute atomic E-state index is 12.5. The highest BCUT2D eigenvalue weighted by Crippen LogP contribution is 2.28. The van der Waals surface area contributed by atoms with Gasteiger partial charge in [-0.3, -0.25) is 9.89 Å². The number of ether oxygens (including phenoxy) is 1. The Labute approximate surface area is 162 Å². The van der Waals surface area contributed by atoms with E-state index < -0.39 is 10.0 Å². The minimum Gasteiger partial charge on any atom is -0.495 e. The fourth-order valence-electron chi connectivity index (χ4n) is 2.79. The molecule has 1 heterocycles. The summed E-state index contributed by atoms with van der Waals surface area (Å²) in [6.45, 7) is 3.89. The van der Waals surface area contributed by atoms with Gasteiger partial charge >= 0.3 is 0 Å². The number of rotatable bonds is 5. The van der Waals surface area contributed by atoms with Gasteiger partial charge in [-0.1, -0.05) is 17.7 Å². The minimum atomic E-state index is -3.98. The number of aryl methyl sites for hydroxylation is 2. The molecule has 1 amide bonds. The number of nitrogens with zero attached hydrogens (tertiary/aromatic N) is 1. The first-order valence-electron chi connectivity index (χ1n) is 8.34. The Bertz CT molecular complexity index is 1150. The highest BCUT2D eigenvalue weighted by atomic mass is 32.2. The lowest BCUT2D eigenvalue weighted by Gasteiger charge is -2.08. The number of aromatic nitrogens is 2. The number of sulfonamides is 1. The molecule has 0 bridgehead atoms. The van der Waals surface area contributed by atoms with Crippen LogP contribution in [-0.2, 0) is 10.0 Å². The second-order valence-electron chi connectivity index (χ2n) is 6.35. The normalized spacial score (nSPS) is 11.3. The van der Waals surface area contributed by atoms with E-state index in [9.17, 15) is 13.2 Å². The van der Waals surface area contributed by atoms with Gasteiger partial charge in [0.25, 0.3) is 5.91 Å². The summed E-state index contributed by atoms with van der Waals surface area (Å²) < 4.78 is 28.6. The van der Waals surface area contributed by atoms with Gasteiger partial charge in [-0.15, -0.1) is 0 Å². The summed E-state index contributed by atoms with van der Waals surface area (Å²) in [4.78, 5) is 12.3. The number of nitrogens with two attached hydrogens (primary N) is 1. The Morgan fingerprint density at radius 2 is 1.89 bits per heavy atom. The van der Waals surface area contributed by atoms with Crippen molar-refractivity contribution in [3.8, 4) is 17.0 Å². The number of carbonyl (C=O) groups is 1. The number of aromatic amines is 1. The van der Waals surface area contributed by atoms with Crippen LogP contribution in [0.3, 0.4) is 0 Å². The number of benzene rings is 2. The van der Waals surface area contributed by atoms with Crippen LogP contribution >= 0.6 is 0 Å². The fourth-order valence-corrected chi connectivity index (χ4v) is 3.51. The maximum Gasteiger partial charge on any atom is 0.273 e. The van der Waals surface area contributed by atoms with E-state index in [0.717, 1.165) is 11.1 Å². The van der Waals surface area contributed by atoms with Gasteiger partial charge in [0.05, 0.1) is 12.8 Å². The summed E-state index contributed by atoms with van der Waals surface area (Å²) in [6.07, 6.45) is 0. The van der Waals surface area contributed by atoms with Gasteiger partial charge in [-0.2, -0.15) is 5.10 Å². The molecule has 4 N–H and O–H groups in total. The Morgan fingerprint density at radius 3 is 2.54 bits per heavy atom. The van der Waals surface area contributed by atoms with Gasteiger partial charge in [0.2, 0.25) is 10.0 Å². The lowest BCUT2D eigenvalue weighted by Crippen LogP contribution is -2.13. The molecule has 0 saturated carbocycles. The number of hydrogen-bond acceptors (Lipinski definition) is 5. The molecule has 1 aromatic heterocycles. The molecule has 0 aliphatic carbocycles. The summed E-state index contributed by atoms with van der Waals surface area (Å²) in [5.74, 6) is -0.222. The van der Waals surface area contributed by atoms with Crippen LogP contribution < -0.4 is 15.2 Å². The topological polar surface area (TPSA) is 127 Å². The molecular formula is C19H20N4O4S. The molecular weight excluding hydrogens is 380 g/mol. The van der Waals surface area contributed by atoms with E-state index in [0.29, 0.717) is 16.9 Å². The Kier molecular flexibility index (Phi) is 5.21. The zero-order chi connectivity index (χ0) is 20.5. The summed E-state index contributed by atoms with van der Waals surface area (Å²) >= 11 is 0. The second kappa shape index (κ2) is 7.45. The summed E-state index contributed by atoms with van der Waals surface area (Å²) in [6, 6.07) is 11.7. The Morgan fingerprint density at radius 1 is 1.14 bits per heavy atom. The molecule has 0 atom stereocenters. The number of amides is 1. The first-order valence-corrected chi connectivity index (χ1v) is 9.89. The summed E-state index contributed by atoms with van der Waals surface area (Å²) in [5.41, 5.74) is 3.87. The number of nitrogens with one attached hydrogen (secondary N) is 2. The van der Waals surface area contributed by atoms with Crippen molar-refractivity contribution in [2.45, 2.75) is 18.7 Å². The highest BCUT2D eigenvalue weighted by molar-refractivity contribution is 7.89. The molecule has 0 saturated heterocycles. The van der Waals surface area contributed by atoms with E-state index in [1.807, 2.05) is 32.0 Å².